The second kappa shape index (κ2) is 9.33. The Morgan fingerprint density at radius 2 is 1.57 bits per heavy atom. The molecule has 0 radical (unpaired) electrons. The maximum atomic E-state index is 12.8. The summed E-state index contributed by atoms with van der Waals surface area (Å²) in [6.45, 7) is 5.41. The van der Waals surface area contributed by atoms with Crippen molar-refractivity contribution in [2.24, 2.45) is 5.92 Å². The lowest BCUT2D eigenvalue weighted by Crippen LogP contribution is -2.43. The number of amides is 2. The van der Waals surface area contributed by atoms with Crippen LogP contribution in [0, 0.1) is 12.8 Å². The van der Waals surface area contributed by atoms with E-state index in [2.05, 4.69) is 22.3 Å². The number of carbonyl (C=O) groups excluding carboxylic acids is 2. The summed E-state index contributed by atoms with van der Waals surface area (Å²) in [7, 11) is 0. The van der Waals surface area contributed by atoms with E-state index in [0.29, 0.717) is 18.7 Å². The number of benzene rings is 2. The van der Waals surface area contributed by atoms with Crippen LogP contribution in [0.2, 0.25) is 0 Å². The highest BCUT2D eigenvalue weighted by molar-refractivity contribution is 5.96. The normalized spacial score (nSPS) is 19.4. The smallest absolute Gasteiger partial charge is 0.253 e. The summed E-state index contributed by atoms with van der Waals surface area (Å²) in [4.78, 5) is 29.9. The maximum absolute atomic E-state index is 12.8. The van der Waals surface area contributed by atoms with Gasteiger partial charge in [-0.3, -0.25) is 9.59 Å². The van der Waals surface area contributed by atoms with Crippen LogP contribution in [0.25, 0.3) is 0 Å². The number of aryl methyl sites for hydroxylation is 1. The number of nitrogens with zero attached hydrogens (tertiary/aromatic N) is 2. The van der Waals surface area contributed by atoms with Crippen LogP contribution in [0.15, 0.2) is 48.5 Å². The molecule has 2 fully saturated rings. The second-order valence-electron chi connectivity index (χ2n) is 8.54. The molecule has 0 aromatic heterocycles. The molecule has 2 aliphatic heterocycles. The molecule has 0 spiro atoms. The number of hydrogen-bond acceptors (Lipinski definition) is 3. The van der Waals surface area contributed by atoms with Crippen molar-refractivity contribution in [3.63, 3.8) is 0 Å². The van der Waals surface area contributed by atoms with Crippen LogP contribution in [0.3, 0.4) is 0 Å². The molecular formula is C25H31N3O2. The van der Waals surface area contributed by atoms with Gasteiger partial charge in [-0.05, 0) is 75.4 Å². The van der Waals surface area contributed by atoms with Crippen LogP contribution in [-0.4, -0.2) is 42.9 Å². The number of hydrogen-bond donors (Lipinski definition) is 1. The number of anilines is 2. The van der Waals surface area contributed by atoms with E-state index in [1.807, 2.05) is 48.2 Å². The molecule has 158 valence electrons. The van der Waals surface area contributed by atoms with Gasteiger partial charge in [-0.2, -0.15) is 0 Å². The number of piperidine rings is 2. The van der Waals surface area contributed by atoms with E-state index in [9.17, 15) is 9.59 Å². The van der Waals surface area contributed by atoms with Gasteiger partial charge in [0, 0.05) is 43.1 Å². The van der Waals surface area contributed by atoms with Gasteiger partial charge in [-0.15, -0.1) is 0 Å². The average Bonchev–Trinajstić information content (AvgIpc) is 2.80. The Balaban J connectivity index is 1.35. The van der Waals surface area contributed by atoms with Gasteiger partial charge in [0.15, 0.2) is 0 Å². The lowest BCUT2D eigenvalue weighted by Gasteiger charge is -2.32. The molecule has 30 heavy (non-hydrogen) atoms. The van der Waals surface area contributed by atoms with E-state index in [-0.39, 0.29) is 17.7 Å². The summed E-state index contributed by atoms with van der Waals surface area (Å²) in [5.41, 5.74) is 3.87. The Bertz CT molecular complexity index is 870. The Kier molecular flexibility index (Phi) is 6.36. The molecule has 2 aromatic carbocycles. The topological polar surface area (TPSA) is 52.7 Å². The summed E-state index contributed by atoms with van der Waals surface area (Å²) in [6, 6.07) is 15.8. The molecule has 0 bridgehead atoms. The van der Waals surface area contributed by atoms with Gasteiger partial charge in [-0.25, -0.2) is 0 Å². The molecule has 5 nitrogen and oxygen atoms in total. The van der Waals surface area contributed by atoms with E-state index in [4.69, 9.17) is 0 Å². The summed E-state index contributed by atoms with van der Waals surface area (Å²) >= 11 is 0. The van der Waals surface area contributed by atoms with Gasteiger partial charge in [0.05, 0.1) is 5.92 Å². The monoisotopic (exact) mass is 405 g/mol. The molecular weight excluding hydrogens is 374 g/mol. The van der Waals surface area contributed by atoms with E-state index in [0.717, 1.165) is 37.2 Å². The average molecular weight is 406 g/mol. The van der Waals surface area contributed by atoms with Gasteiger partial charge in [0.25, 0.3) is 5.91 Å². The van der Waals surface area contributed by atoms with Crippen molar-refractivity contribution in [1.29, 1.82) is 0 Å². The number of nitrogens with one attached hydrogen (secondary N) is 1. The lowest BCUT2D eigenvalue weighted by molar-refractivity contribution is -0.121. The molecule has 2 aliphatic rings. The van der Waals surface area contributed by atoms with Crippen LogP contribution in [0.5, 0.6) is 0 Å². The molecule has 1 unspecified atom stereocenters. The number of carbonyl (C=O) groups is 2. The molecule has 2 saturated heterocycles. The van der Waals surface area contributed by atoms with Crippen molar-refractivity contribution < 1.29 is 9.59 Å². The molecule has 2 heterocycles. The standard InChI is InChI=1S/C25H31N3O2/c1-19-7-9-20(10-8-19)25(30)28-17-5-6-21(18-28)24(29)26-22-11-13-23(14-12-22)27-15-3-2-4-16-27/h7-14,21H,2-6,15-18H2,1H3,(H,26,29). The zero-order valence-corrected chi connectivity index (χ0v) is 17.8. The summed E-state index contributed by atoms with van der Waals surface area (Å²) in [5.74, 6) is -0.157. The quantitative estimate of drug-likeness (QED) is 0.816. The van der Waals surface area contributed by atoms with Crippen LogP contribution in [0.1, 0.15) is 48.0 Å². The zero-order chi connectivity index (χ0) is 20.9. The predicted molar refractivity (Wildman–Crippen MR) is 121 cm³/mol. The van der Waals surface area contributed by atoms with E-state index in [1.54, 1.807) is 0 Å². The molecule has 0 aliphatic carbocycles. The van der Waals surface area contributed by atoms with Crippen molar-refractivity contribution in [2.75, 3.05) is 36.4 Å². The van der Waals surface area contributed by atoms with Crippen molar-refractivity contribution in [3.05, 3.63) is 59.7 Å². The summed E-state index contributed by atoms with van der Waals surface area (Å²) in [6.07, 6.45) is 5.48. The van der Waals surface area contributed by atoms with Crippen LogP contribution < -0.4 is 10.2 Å². The minimum atomic E-state index is -0.171. The lowest BCUT2D eigenvalue weighted by atomic mass is 9.96. The first-order valence-corrected chi connectivity index (χ1v) is 11.1. The zero-order valence-electron chi connectivity index (χ0n) is 17.8. The van der Waals surface area contributed by atoms with Crippen molar-refractivity contribution in [1.82, 2.24) is 4.90 Å². The van der Waals surface area contributed by atoms with E-state index < -0.39 is 0 Å². The SMILES string of the molecule is Cc1ccc(C(=O)N2CCCC(C(=O)Nc3ccc(N4CCCCC4)cc3)C2)cc1. The predicted octanol–water partition coefficient (Wildman–Crippen LogP) is 4.48. The highest BCUT2D eigenvalue weighted by atomic mass is 16.2. The van der Waals surface area contributed by atoms with Gasteiger partial charge in [-0.1, -0.05) is 17.7 Å². The van der Waals surface area contributed by atoms with Crippen LogP contribution >= 0.6 is 0 Å². The van der Waals surface area contributed by atoms with Gasteiger partial charge in [0.1, 0.15) is 0 Å². The first-order chi connectivity index (χ1) is 14.6. The highest BCUT2D eigenvalue weighted by Gasteiger charge is 2.29. The Hall–Kier alpha value is -2.82. The van der Waals surface area contributed by atoms with Crippen molar-refractivity contribution in [2.45, 2.75) is 39.0 Å². The minimum Gasteiger partial charge on any atom is -0.372 e. The van der Waals surface area contributed by atoms with Crippen molar-refractivity contribution in [3.8, 4) is 0 Å². The molecule has 2 aromatic rings. The number of rotatable bonds is 4. The first-order valence-electron chi connectivity index (χ1n) is 11.1. The second-order valence-corrected chi connectivity index (χ2v) is 8.54. The fourth-order valence-corrected chi connectivity index (χ4v) is 4.41. The minimum absolute atomic E-state index is 0.00197. The van der Waals surface area contributed by atoms with Gasteiger partial charge in [0.2, 0.25) is 5.91 Å². The third-order valence-electron chi connectivity index (χ3n) is 6.23. The maximum Gasteiger partial charge on any atom is 0.253 e. The molecule has 5 heteroatoms. The van der Waals surface area contributed by atoms with Gasteiger partial charge < -0.3 is 15.1 Å². The van der Waals surface area contributed by atoms with E-state index >= 15 is 0 Å². The fourth-order valence-electron chi connectivity index (χ4n) is 4.41. The Labute approximate surface area is 179 Å². The summed E-state index contributed by atoms with van der Waals surface area (Å²) < 4.78 is 0. The van der Waals surface area contributed by atoms with Crippen LogP contribution in [0.4, 0.5) is 11.4 Å². The summed E-state index contributed by atoms with van der Waals surface area (Å²) in [5, 5.41) is 3.05. The number of likely N-dealkylation sites (tertiary alicyclic amines) is 1. The molecule has 0 saturated carbocycles. The largest absolute Gasteiger partial charge is 0.372 e. The Morgan fingerprint density at radius 3 is 2.27 bits per heavy atom. The van der Waals surface area contributed by atoms with E-state index in [1.165, 1.54) is 24.9 Å². The molecule has 1 atom stereocenters. The fraction of sp³-hybridized carbons (Fsp3) is 0.440. The third kappa shape index (κ3) is 4.84. The van der Waals surface area contributed by atoms with Crippen molar-refractivity contribution >= 4 is 23.2 Å². The van der Waals surface area contributed by atoms with Gasteiger partial charge >= 0.3 is 0 Å². The highest BCUT2D eigenvalue weighted by Crippen LogP contribution is 2.24. The molecule has 2 amide bonds. The third-order valence-corrected chi connectivity index (χ3v) is 6.23. The molecule has 1 N–H and O–H groups in total. The first kappa shape index (κ1) is 20.5. The Morgan fingerprint density at radius 1 is 0.867 bits per heavy atom. The molecule has 4 rings (SSSR count). The van der Waals surface area contributed by atoms with Crippen LogP contribution in [-0.2, 0) is 4.79 Å².